The zero-order valence-electron chi connectivity index (χ0n) is 18.0. The van der Waals surface area contributed by atoms with Gasteiger partial charge in [0, 0.05) is 38.6 Å². The predicted molar refractivity (Wildman–Crippen MR) is 116 cm³/mol. The van der Waals surface area contributed by atoms with Crippen molar-refractivity contribution in [2.45, 2.75) is 71.4 Å². The predicted octanol–water partition coefficient (Wildman–Crippen LogP) is 3.64. The number of carbonyl (C=O) groups excluding carboxylic acids is 2. The summed E-state index contributed by atoms with van der Waals surface area (Å²) in [6.45, 7) is 7.79. The standard InChI is InChI=1S/C23H37N3O3/c1-3-21(26-16-14-19-11-8-9-12-20(19)18-26)17-25-23(28)24-15-10-6-5-7-13-22(27)29-4-2/h8-9,11-12,21H,3-7,10,13-18H2,1-2H3,(H2,24,25,28). The molecule has 0 spiro atoms. The van der Waals surface area contributed by atoms with E-state index in [4.69, 9.17) is 4.74 Å². The van der Waals surface area contributed by atoms with Crippen LogP contribution < -0.4 is 10.6 Å². The van der Waals surface area contributed by atoms with E-state index in [-0.39, 0.29) is 12.0 Å². The average Bonchev–Trinajstić information content (AvgIpc) is 2.73. The summed E-state index contributed by atoms with van der Waals surface area (Å²) in [6, 6.07) is 8.91. The van der Waals surface area contributed by atoms with Crippen molar-refractivity contribution in [3.05, 3.63) is 35.4 Å². The SMILES string of the molecule is CCOC(=O)CCCCCCNC(=O)NCC(CC)N1CCc2ccccc2C1. The third-order valence-electron chi connectivity index (χ3n) is 5.54. The van der Waals surface area contributed by atoms with Crippen molar-refractivity contribution < 1.29 is 14.3 Å². The lowest BCUT2D eigenvalue weighted by molar-refractivity contribution is -0.143. The molecule has 0 aromatic heterocycles. The van der Waals surface area contributed by atoms with Gasteiger partial charge in [0.25, 0.3) is 0 Å². The van der Waals surface area contributed by atoms with E-state index in [9.17, 15) is 9.59 Å². The Hall–Kier alpha value is -2.08. The number of nitrogens with one attached hydrogen (secondary N) is 2. The van der Waals surface area contributed by atoms with E-state index in [1.54, 1.807) is 0 Å². The highest BCUT2D eigenvalue weighted by molar-refractivity contribution is 5.73. The lowest BCUT2D eigenvalue weighted by atomic mass is 9.98. The number of amides is 2. The van der Waals surface area contributed by atoms with Crippen molar-refractivity contribution in [3.8, 4) is 0 Å². The van der Waals surface area contributed by atoms with Crippen molar-refractivity contribution in [2.24, 2.45) is 0 Å². The molecule has 2 rings (SSSR count). The maximum absolute atomic E-state index is 12.1. The number of unbranched alkanes of at least 4 members (excludes halogenated alkanes) is 3. The van der Waals surface area contributed by atoms with E-state index in [1.165, 1.54) is 11.1 Å². The van der Waals surface area contributed by atoms with Crippen LogP contribution in [0.1, 0.15) is 63.5 Å². The lowest BCUT2D eigenvalue weighted by Crippen LogP contribution is -2.47. The largest absolute Gasteiger partial charge is 0.466 e. The molecule has 1 unspecified atom stereocenters. The highest BCUT2D eigenvalue weighted by Gasteiger charge is 2.22. The molecule has 1 atom stereocenters. The third kappa shape index (κ3) is 8.44. The van der Waals surface area contributed by atoms with Gasteiger partial charge in [0.1, 0.15) is 0 Å². The summed E-state index contributed by atoms with van der Waals surface area (Å²) in [4.78, 5) is 25.8. The summed E-state index contributed by atoms with van der Waals surface area (Å²) in [6.07, 6.45) is 6.35. The molecule has 0 saturated heterocycles. The van der Waals surface area contributed by atoms with Crippen LogP contribution in [-0.4, -0.2) is 49.2 Å². The van der Waals surface area contributed by atoms with E-state index in [0.29, 0.717) is 32.2 Å². The zero-order chi connectivity index (χ0) is 20.9. The first-order chi connectivity index (χ1) is 14.1. The fraction of sp³-hybridized carbons (Fsp3) is 0.652. The second kappa shape index (κ2) is 13.2. The number of benzene rings is 1. The van der Waals surface area contributed by atoms with Crippen molar-refractivity contribution in [2.75, 3.05) is 26.2 Å². The van der Waals surface area contributed by atoms with E-state index in [0.717, 1.165) is 51.6 Å². The molecule has 162 valence electrons. The molecule has 0 aliphatic carbocycles. The summed E-state index contributed by atoms with van der Waals surface area (Å²) in [7, 11) is 0. The van der Waals surface area contributed by atoms with Crippen LogP contribution in [0.15, 0.2) is 24.3 Å². The van der Waals surface area contributed by atoms with Crippen molar-refractivity contribution in [1.82, 2.24) is 15.5 Å². The molecule has 6 heteroatoms. The van der Waals surface area contributed by atoms with Crippen LogP contribution >= 0.6 is 0 Å². The van der Waals surface area contributed by atoms with E-state index >= 15 is 0 Å². The number of carbonyl (C=O) groups is 2. The third-order valence-corrected chi connectivity index (χ3v) is 5.54. The maximum atomic E-state index is 12.1. The molecule has 1 heterocycles. The Balaban J connectivity index is 1.56. The van der Waals surface area contributed by atoms with Crippen LogP contribution in [0.5, 0.6) is 0 Å². The van der Waals surface area contributed by atoms with Gasteiger partial charge in [0.05, 0.1) is 6.61 Å². The molecule has 0 bridgehead atoms. The Morgan fingerprint density at radius 2 is 1.83 bits per heavy atom. The molecule has 1 aromatic rings. The Bertz CT molecular complexity index is 636. The second-order valence-corrected chi connectivity index (χ2v) is 7.66. The average molecular weight is 404 g/mol. The minimum atomic E-state index is -0.118. The Morgan fingerprint density at radius 3 is 2.59 bits per heavy atom. The monoisotopic (exact) mass is 403 g/mol. The van der Waals surface area contributed by atoms with E-state index in [1.807, 2.05) is 6.92 Å². The molecule has 29 heavy (non-hydrogen) atoms. The van der Waals surface area contributed by atoms with Gasteiger partial charge in [-0.25, -0.2) is 4.79 Å². The van der Waals surface area contributed by atoms with Gasteiger partial charge in [0.15, 0.2) is 0 Å². The minimum absolute atomic E-state index is 0.0904. The van der Waals surface area contributed by atoms with Crippen LogP contribution in [0.25, 0.3) is 0 Å². The molecular weight excluding hydrogens is 366 g/mol. The van der Waals surface area contributed by atoms with Gasteiger partial charge in [-0.3, -0.25) is 9.69 Å². The van der Waals surface area contributed by atoms with Crippen molar-refractivity contribution in [3.63, 3.8) is 0 Å². The number of urea groups is 1. The van der Waals surface area contributed by atoms with Gasteiger partial charge in [-0.1, -0.05) is 44.0 Å². The molecule has 1 aromatic carbocycles. The van der Waals surface area contributed by atoms with E-state index in [2.05, 4.69) is 46.7 Å². The number of nitrogens with zero attached hydrogens (tertiary/aromatic N) is 1. The summed E-state index contributed by atoms with van der Waals surface area (Å²) in [5.41, 5.74) is 2.86. The highest BCUT2D eigenvalue weighted by Crippen LogP contribution is 2.21. The molecular formula is C23H37N3O3. The Kier molecular flexibility index (Phi) is 10.6. The van der Waals surface area contributed by atoms with Gasteiger partial charge in [-0.2, -0.15) is 0 Å². The highest BCUT2D eigenvalue weighted by atomic mass is 16.5. The minimum Gasteiger partial charge on any atom is -0.466 e. The van der Waals surface area contributed by atoms with Gasteiger partial charge in [0.2, 0.25) is 0 Å². The molecule has 2 N–H and O–H groups in total. The quantitative estimate of drug-likeness (QED) is 0.413. The second-order valence-electron chi connectivity index (χ2n) is 7.66. The number of fused-ring (bicyclic) bond motifs is 1. The smallest absolute Gasteiger partial charge is 0.314 e. The lowest BCUT2D eigenvalue weighted by Gasteiger charge is -2.35. The molecule has 0 saturated carbocycles. The summed E-state index contributed by atoms with van der Waals surface area (Å²) in [5, 5.41) is 5.97. The molecule has 0 radical (unpaired) electrons. The Labute approximate surface area is 175 Å². The molecule has 2 amide bonds. The number of esters is 1. The van der Waals surface area contributed by atoms with Gasteiger partial charge >= 0.3 is 12.0 Å². The van der Waals surface area contributed by atoms with Crippen LogP contribution in [-0.2, 0) is 22.5 Å². The fourth-order valence-electron chi connectivity index (χ4n) is 3.82. The first-order valence-electron chi connectivity index (χ1n) is 11.1. The molecule has 0 fully saturated rings. The van der Waals surface area contributed by atoms with Crippen LogP contribution in [0, 0.1) is 0 Å². The number of ether oxygens (including phenoxy) is 1. The van der Waals surface area contributed by atoms with Gasteiger partial charge in [-0.05, 0) is 43.7 Å². The maximum Gasteiger partial charge on any atom is 0.314 e. The Morgan fingerprint density at radius 1 is 1.07 bits per heavy atom. The van der Waals surface area contributed by atoms with Crippen molar-refractivity contribution in [1.29, 1.82) is 0 Å². The summed E-state index contributed by atoms with van der Waals surface area (Å²) < 4.78 is 4.91. The number of hydrogen-bond acceptors (Lipinski definition) is 4. The fourth-order valence-corrected chi connectivity index (χ4v) is 3.82. The summed E-state index contributed by atoms with van der Waals surface area (Å²) >= 11 is 0. The number of rotatable bonds is 12. The molecule has 1 aliphatic heterocycles. The van der Waals surface area contributed by atoms with Crippen LogP contribution in [0.4, 0.5) is 4.79 Å². The summed E-state index contributed by atoms with van der Waals surface area (Å²) in [5.74, 6) is -0.118. The van der Waals surface area contributed by atoms with Gasteiger partial charge in [-0.15, -0.1) is 0 Å². The van der Waals surface area contributed by atoms with Crippen LogP contribution in [0.3, 0.4) is 0 Å². The van der Waals surface area contributed by atoms with Crippen molar-refractivity contribution >= 4 is 12.0 Å². The number of hydrogen-bond donors (Lipinski definition) is 2. The van der Waals surface area contributed by atoms with E-state index < -0.39 is 0 Å². The van der Waals surface area contributed by atoms with Crippen LogP contribution in [0.2, 0.25) is 0 Å². The molecule has 1 aliphatic rings. The molecule has 6 nitrogen and oxygen atoms in total. The topological polar surface area (TPSA) is 70.7 Å². The first kappa shape index (κ1) is 23.2. The zero-order valence-corrected chi connectivity index (χ0v) is 18.0. The first-order valence-corrected chi connectivity index (χ1v) is 11.1. The normalized spacial score (nSPS) is 14.7. The van der Waals surface area contributed by atoms with Gasteiger partial charge < -0.3 is 15.4 Å².